The molecule has 1 aliphatic heterocycles. The Kier molecular flexibility index (Phi) is 4.20. The predicted molar refractivity (Wildman–Crippen MR) is 75.7 cm³/mol. The van der Waals surface area contributed by atoms with Gasteiger partial charge in [-0.2, -0.15) is 0 Å². The van der Waals surface area contributed by atoms with Gasteiger partial charge in [-0.05, 0) is 17.7 Å². The van der Waals surface area contributed by atoms with E-state index in [1.165, 1.54) is 0 Å². The minimum atomic E-state index is 0.554. The second-order valence-corrected chi connectivity index (χ2v) is 4.67. The van der Waals surface area contributed by atoms with Crippen LogP contribution in [0.3, 0.4) is 0 Å². The maximum Gasteiger partial charge on any atom is 0.203 e. The first kappa shape index (κ1) is 13.7. The molecule has 0 saturated heterocycles. The van der Waals surface area contributed by atoms with Gasteiger partial charge in [0.2, 0.25) is 5.75 Å². The molecule has 0 fully saturated rings. The van der Waals surface area contributed by atoms with Gasteiger partial charge in [0.15, 0.2) is 11.5 Å². The van der Waals surface area contributed by atoms with Crippen LogP contribution in [0.5, 0.6) is 17.2 Å². The monoisotopic (exact) mass is 290 g/mol. The molecule has 0 saturated carbocycles. The zero-order chi connectivity index (χ0) is 14.5. The van der Waals surface area contributed by atoms with E-state index in [9.17, 15) is 0 Å². The van der Waals surface area contributed by atoms with Crippen molar-refractivity contribution in [2.45, 2.75) is 13.1 Å². The van der Waals surface area contributed by atoms with Gasteiger partial charge >= 0.3 is 0 Å². The van der Waals surface area contributed by atoms with Crippen molar-refractivity contribution < 1.29 is 14.2 Å². The summed E-state index contributed by atoms with van der Waals surface area (Å²) in [4.78, 5) is 0. The fourth-order valence-corrected chi connectivity index (χ4v) is 2.21. The normalized spacial score (nSPS) is 13.2. The number of ether oxygens (including phenoxy) is 3. The van der Waals surface area contributed by atoms with Crippen molar-refractivity contribution in [3.8, 4) is 17.2 Å². The fraction of sp³-hybridized carbons (Fsp3) is 0.429. The summed E-state index contributed by atoms with van der Waals surface area (Å²) in [7, 11) is 1.63. The van der Waals surface area contributed by atoms with E-state index in [-0.39, 0.29) is 0 Å². The van der Waals surface area contributed by atoms with E-state index in [0.717, 1.165) is 30.9 Å². The van der Waals surface area contributed by atoms with Crippen LogP contribution < -0.4 is 19.5 Å². The highest BCUT2D eigenvalue weighted by atomic mass is 16.6. The van der Waals surface area contributed by atoms with Crippen LogP contribution in [0, 0.1) is 0 Å². The Morgan fingerprint density at radius 2 is 2.24 bits per heavy atom. The van der Waals surface area contributed by atoms with Gasteiger partial charge < -0.3 is 19.5 Å². The van der Waals surface area contributed by atoms with Crippen molar-refractivity contribution in [1.82, 2.24) is 20.3 Å². The summed E-state index contributed by atoms with van der Waals surface area (Å²) in [5.41, 5.74) is 1.09. The van der Waals surface area contributed by atoms with E-state index in [1.807, 2.05) is 18.3 Å². The molecular weight excluding hydrogens is 272 g/mol. The zero-order valence-corrected chi connectivity index (χ0v) is 11.9. The third-order valence-corrected chi connectivity index (χ3v) is 3.21. The summed E-state index contributed by atoms with van der Waals surface area (Å²) < 4.78 is 18.4. The first-order valence-electron chi connectivity index (χ1n) is 6.88. The zero-order valence-electron chi connectivity index (χ0n) is 11.9. The number of benzene rings is 1. The fourth-order valence-electron chi connectivity index (χ4n) is 2.21. The maximum absolute atomic E-state index is 5.62. The summed E-state index contributed by atoms with van der Waals surface area (Å²) in [5, 5.41) is 11.0. The highest BCUT2D eigenvalue weighted by Crippen LogP contribution is 2.40. The third kappa shape index (κ3) is 3.25. The lowest BCUT2D eigenvalue weighted by atomic mass is 10.1. The van der Waals surface area contributed by atoms with Crippen molar-refractivity contribution >= 4 is 0 Å². The second-order valence-electron chi connectivity index (χ2n) is 4.67. The van der Waals surface area contributed by atoms with Crippen molar-refractivity contribution in [3.63, 3.8) is 0 Å². The summed E-state index contributed by atoms with van der Waals surface area (Å²) in [6.45, 7) is 3.43. The summed E-state index contributed by atoms with van der Waals surface area (Å²) in [6, 6.07) is 3.95. The molecule has 0 atom stereocenters. The van der Waals surface area contributed by atoms with Crippen LogP contribution in [0.1, 0.15) is 5.56 Å². The van der Waals surface area contributed by atoms with Gasteiger partial charge in [-0.15, -0.1) is 5.10 Å². The van der Waals surface area contributed by atoms with Crippen LogP contribution in [0.4, 0.5) is 0 Å². The van der Waals surface area contributed by atoms with Gasteiger partial charge in [0.05, 0.1) is 19.9 Å². The lowest BCUT2D eigenvalue weighted by Crippen LogP contribution is -2.20. The summed E-state index contributed by atoms with van der Waals surface area (Å²) in [5.74, 6) is 2.14. The van der Waals surface area contributed by atoms with Crippen LogP contribution in [0.25, 0.3) is 0 Å². The van der Waals surface area contributed by atoms with Gasteiger partial charge in [0.25, 0.3) is 0 Å². The number of hydrogen-bond donors (Lipinski definition) is 1. The second kappa shape index (κ2) is 6.45. The Morgan fingerprint density at radius 3 is 3.05 bits per heavy atom. The molecule has 1 aromatic carbocycles. The molecule has 3 rings (SSSR count). The first-order valence-corrected chi connectivity index (χ1v) is 6.88. The predicted octanol–water partition coefficient (Wildman–Crippen LogP) is 0.848. The van der Waals surface area contributed by atoms with Crippen LogP contribution in [-0.4, -0.2) is 41.9 Å². The molecule has 0 aliphatic carbocycles. The molecule has 1 aromatic heterocycles. The van der Waals surface area contributed by atoms with E-state index in [1.54, 1.807) is 18.0 Å². The van der Waals surface area contributed by atoms with Crippen molar-refractivity contribution in [3.05, 3.63) is 30.1 Å². The number of methoxy groups -OCH3 is 1. The van der Waals surface area contributed by atoms with Crippen molar-refractivity contribution in [1.29, 1.82) is 0 Å². The van der Waals surface area contributed by atoms with Crippen LogP contribution >= 0.6 is 0 Å². The molecule has 1 N–H and O–H groups in total. The molecule has 7 heteroatoms. The molecular formula is C14H18N4O3. The van der Waals surface area contributed by atoms with E-state index in [4.69, 9.17) is 14.2 Å². The third-order valence-electron chi connectivity index (χ3n) is 3.21. The van der Waals surface area contributed by atoms with E-state index < -0.39 is 0 Å². The van der Waals surface area contributed by atoms with Crippen LogP contribution in [-0.2, 0) is 13.1 Å². The van der Waals surface area contributed by atoms with Gasteiger partial charge in [-0.1, -0.05) is 5.21 Å². The average Bonchev–Trinajstić information content (AvgIpc) is 3.04. The number of aromatic nitrogens is 3. The number of rotatable bonds is 6. The lowest BCUT2D eigenvalue weighted by molar-refractivity contribution is 0.165. The Hall–Kier alpha value is -2.28. The molecule has 2 heterocycles. The topological polar surface area (TPSA) is 70.4 Å². The summed E-state index contributed by atoms with van der Waals surface area (Å²) in [6.07, 6.45) is 3.51. The molecule has 0 radical (unpaired) electrons. The molecule has 1 aliphatic rings. The molecule has 7 nitrogen and oxygen atoms in total. The van der Waals surface area contributed by atoms with Crippen molar-refractivity contribution in [2.75, 3.05) is 26.9 Å². The number of fused-ring (bicyclic) bond motifs is 1. The van der Waals surface area contributed by atoms with E-state index in [0.29, 0.717) is 24.7 Å². The highest BCUT2D eigenvalue weighted by Gasteiger charge is 2.18. The number of nitrogens with one attached hydrogen (secondary N) is 1. The first-order chi connectivity index (χ1) is 10.4. The highest BCUT2D eigenvalue weighted by molar-refractivity contribution is 5.54. The quantitative estimate of drug-likeness (QED) is 0.795. The molecule has 112 valence electrons. The Balaban J connectivity index is 1.60. The Morgan fingerprint density at radius 1 is 1.33 bits per heavy atom. The Bertz CT molecular complexity index is 569. The number of hydrogen-bond acceptors (Lipinski definition) is 6. The standard InChI is InChI=1S/C14H18N4O3/c1-19-12-8-11(9-13-14(12)21-7-6-20-13)10-15-2-4-18-5-3-16-17-18/h3,5,8-9,15H,2,4,6-7,10H2,1H3. The molecule has 0 amide bonds. The largest absolute Gasteiger partial charge is 0.493 e. The van der Waals surface area contributed by atoms with Gasteiger partial charge in [0, 0.05) is 19.3 Å². The molecule has 0 bridgehead atoms. The van der Waals surface area contributed by atoms with Crippen LogP contribution in [0.15, 0.2) is 24.5 Å². The van der Waals surface area contributed by atoms with Gasteiger partial charge in [-0.25, -0.2) is 0 Å². The van der Waals surface area contributed by atoms with E-state index in [2.05, 4.69) is 15.6 Å². The van der Waals surface area contributed by atoms with Gasteiger partial charge in [0.1, 0.15) is 13.2 Å². The molecule has 0 spiro atoms. The summed E-state index contributed by atoms with van der Waals surface area (Å²) >= 11 is 0. The van der Waals surface area contributed by atoms with Crippen molar-refractivity contribution in [2.24, 2.45) is 0 Å². The SMILES string of the molecule is COc1cc(CNCCn2ccnn2)cc2c1OCCO2. The maximum atomic E-state index is 5.62. The lowest BCUT2D eigenvalue weighted by Gasteiger charge is -2.21. The van der Waals surface area contributed by atoms with Gasteiger partial charge in [-0.3, -0.25) is 4.68 Å². The smallest absolute Gasteiger partial charge is 0.203 e. The minimum Gasteiger partial charge on any atom is -0.493 e. The minimum absolute atomic E-state index is 0.554. The Labute approximate surface area is 122 Å². The molecule has 2 aromatic rings. The molecule has 0 unspecified atom stereocenters. The van der Waals surface area contributed by atoms with Crippen LogP contribution in [0.2, 0.25) is 0 Å². The average molecular weight is 290 g/mol. The number of nitrogens with zero attached hydrogens (tertiary/aromatic N) is 3. The van der Waals surface area contributed by atoms with E-state index >= 15 is 0 Å². The molecule has 21 heavy (non-hydrogen) atoms.